The molecular weight excluding hydrogens is 326 g/mol. The van der Waals surface area contributed by atoms with Gasteiger partial charge in [-0.15, -0.1) is 11.3 Å². The van der Waals surface area contributed by atoms with Crippen LogP contribution in [0.1, 0.15) is 0 Å². The molecule has 1 N–H and O–H groups in total. The number of rotatable bonds is 6. The summed E-state index contributed by atoms with van der Waals surface area (Å²) in [4.78, 5) is 5.94. The minimum absolute atomic E-state index is 0.613. The molecule has 0 unspecified atom stereocenters. The third-order valence-corrected chi connectivity index (χ3v) is 4.77. The van der Waals surface area contributed by atoms with Crippen LogP contribution >= 0.6 is 11.3 Å². The zero-order valence-electron chi connectivity index (χ0n) is 13.6. The summed E-state index contributed by atoms with van der Waals surface area (Å²) >= 11 is 1.54. The number of pyridine rings is 1. The quantitative estimate of drug-likeness (QED) is 0.540. The van der Waals surface area contributed by atoms with E-state index in [9.17, 15) is 0 Å². The van der Waals surface area contributed by atoms with Gasteiger partial charge in [-0.25, -0.2) is 0 Å². The molecule has 124 valence electrons. The first-order valence-corrected chi connectivity index (χ1v) is 7.97. The van der Waals surface area contributed by atoms with Gasteiger partial charge in [0, 0.05) is 17.6 Å². The van der Waals surface area contributed by atoms with Crippen LogP contribution in [-0.2, 0) is 0 Å². The number of hydrogen-bond donors (Lipinski definition) is 1. The number of anilines is 2. The number of fused-ring (bicyclic) bond motifs is 1. The maximum absolute atomic E-state index is 7.82. The van der Waals surface area contributed by atoms with Gasteiger partial charge in [0.1, 0.15) is 5.00 Å². The molecule has 0 fully saturated rings. The molecular formula is C17H17N3O3S. The van der Waals surface area contributed by atoms with Crippen molar-refractivity contribution in [3.05, 3.63) is 36.7 Å². The summed E-state index contributed by atoms with van der Waals surface area (Å²) < 4.78 is 17.0. The van der Waals surface area contributed by atoms with E-state index in [1.807, 2.05) is 24.3 Å². The van der Waals surface area contributed by atoms with Gasteiger partial charge in [-0.05, 0) is 18.2 Å². The molecule has 2 heterocycles. The maximum atomic E-state index is 7.82. The highest BCUT2D eigenvalue weighted by atomic mass is 32.1. The lowest BCUT2D eigenvalue weighted by Crippen LogP contribution is -2.12. The fraction of sp³-hybridized carbons (Fsp3) is 0.176. The number of nitrogens with one attached hydrogen (secondary N) is 1. The second-order valence-electron chi connectivity index (χ2n) is 4.88. The number of ether oxygens (including phenoxy) is 3. The monoisotopic (exact) mass is 343 g/mol. The number of thiophene rings is 1. The molecule has 0 atom stereocenters. The normalized spacial score (nSPS) is 10.5. The summed E-state index contributed by atoms with van der Waals surface area (Å²) in [6.45, 7) is 0. The smallest absolute Gasteiger partial charge is 0.162 e. The van der Waals surface area contributed by atoms with Crippen LogP contribution in [0.4, 0.5) is 10.7 Å². The zero-order valence-corrected chi connectivity index (χ0v) is 14.4. The minimum Gasteiger partial charge on any atom is -0.494 e. The Morgan fingerprint density at radius 3 is 2.42 bits per heavy atom. The lowest BCUT2D eigenvalue weighted by molar-refractivity contribution is 0.355. The fourth-order valence-corrected chi connectivity index (χ4v) is 3.55. The summed E-state index contributed by atoms with van der Waals surface area (Å²) in [6, 6.07) is 7.52. The molecule has 0 aliphatic carbocycles. The predicted octanol–water partition coefficient (Wildman–Crippen LogP) is 4.07. The molecule has 0 saturated heterocycles. The molecule has 2 aromatic heterocycles. The van der Waals surface area contributed by atoms with E-state index >= 15 is 0 Å². The molecule has 3 rings (SSSR count). The van der Waals surface area contributed by atoms with Crippen molar-refractivity contribution in [1.29, 1.82) is 5.41 Å². The van der Waals surface area contributed by atoms with Crippen LogP contribution in [0.15, 0.2) is 36.7 Å². The first kappa shape index (κ1) is 16.1. The van der Waals surface area contributed by atoms with Crippen LogP contribution in [-0.4, -0.2) is 32.7 Å². The summed E-state index contributed by atoms with van der Waals surface area (Å²) in [5, 5.41) is 9.68. The van der Waals surface area contributed by atoms with Crippen molar-refractivity contribution < 1.29 is 14.2 Å². The zero-order chi connectivity index (χ0) is 17.1. The highest BCUT2D eigenvalue weighted by molar-refractivity contribution is 7.23. The number of aromatic nitrogens is 1. The van der Waals surface area contributed by atoms with Gasteiger partial charge >= 0.3 is 0 Å². The lowest BCUT2D eigenvalue weighted by Gasteiger charge is -2.18. The van der Waals surface area contributed by atoms with Gasteiger partial charge in [0.05, 0.1) is 44.3 Å². The number of hydrogen-bond acceptors (Lipinski definition) is 6. The number of benzene rings is 1. The summed E-state index contributed by atoms with van der Waals surface area (Å²) in [5.41, 5.74) is 0.807. The van der Waals surface area contributed by atoms with Crippen LogP contribution in [0.2, 0.25) is 0 Å². The van der Waals surface area contributed by atoms with E-state index in [0.29, 0.717) is 11.5 Å². The summed E-state index contributed by atoms with van der Waals surface area (Å²) in [7, 11) is 4.81. The van der Waals surface area contributed by atoms with E-state index in [0.717, 1.165) is 26.5 Å². The third kappa shape index (κ3) is 2.74. The van der Waals surface area contributed by atoms with E-state index in [-0.39, 0.29) is 0 Å². The molecule has 6 nitrogen and oxygen atoms in total. The fourth-order valence-electron chi connectivity index (χ4n) is 2.43. The molecule has 0 aliphatic heterocycles. The molecule has 0 spiro atoms. The van der Waals surface area contributed by atoms with Gasteiger partial charge < -0.3 is 14.2 Å². The van der Waals surface area contributed by atoms with Crippen LogP contribution in [0.5, 0.6) is 17.2 Å². The standard InChI is InChI=1S/C17H17N3O3S/c1-21-13-5-4-12(7-14(13)22-2)20(10-18)16-6-11-8-19-9-15(23-3)17(11)24-16/h4-10,18H,1-3H3. The van der Waals surface area contributed by atoms with E-state index in [4.69, 9.17) is 19.6 Å². The van der Waals surface area contributed by atoms with Crippen LogP contribution in [0.3, 0.4) is 0 Å². The van der Waals surface area contributed by atoms with Crippen molar-refractivity contribution in [2.24, 2.45) is 0 Å². The van der Waals surface area contributed by atoms with Crippen molar-refractivity contribution in [2.45, 2.75) is 0 Å². The Labute approximate surface area is 143 Å². The van der Waals surface area contributed by atoms with Crippen LogP contribution in [0.25, 0.3) is 10.1 Å². The number of nitrogens with zero attached hydrogens (tertiary/aromatic N) is 2. The first-order valence-electron chi connectivity index (χ1n) is 7.15. The molecule has 3 aromatic rings. The molecule has 0 bridgehead atoms. The Morgan fingerprint density at radius 1 is 1.00 bits per heavy atom. The molecule has 0 saturated carbocycles. The molecule has 24 heavy (non-hydrogen) atoms. The SMILES string of the molecule is COc1ccc(N(C=N)c2cc3cncc(OC)c3s2)cc1OC. The first-order chi connectivity index (χ1) is 11.7. The largest absolute Gasteiger partial charge is 0.494 e. The highest BCUT2D eigenvalue weighted by Gasteiger charge is 2.15. The lowest BCUT2D eigenvalue weighted by atomic mass is 10.2. The van der Waals surface area contributed by atoms with Crippen molar-refractivity contribution in [3.8, 4) is 17.2 Å². The average Bonchev–Trinajstić information content (AvgIpc) is 3.05. The Balaban J connectivity index is 2.07. The Bertz CT molecular complexity index is 879. The van der Waals surface area contributed by atoms with E-state index in [1.165, 1.54) is 17.7 Å². The molecule has 0 aliphatic rings. The van der Waals surface area contributed by atoms with E-state index in [1.54, 1.807) is 38.6 Å². The van der Waals surface area contributed by atoms with Gasteiger partial charge in [-0.2, -0.15) is 0 Å². The molecule has 0 amide bonds. The summed E-state index contributed by atoms with van der Waals surface area (Å²) in [6.07, 6.45) is 4.74. The topological polar surface area (TPSA) is 67.7 Å². The van der Waals surface area contributed by atoms with Gasteiger partial charge in [0.25, 0.3) is 0 Å². The van der Waals surface area contributed by atoms with Gasteiger partial charge in [0.15, 0.2) is 17.2 Å². The Hall–Kier alpha value is -2.80. The second-order valence-corrected chi connectivity index (χ2v) is 5.91. The van der Waals surface area contributed by atoms with Crippen molar-refractivity contribution in [1.82, 2.24) is 4.98 Å². The Morgan fingerprint density at radius 2 is 1.75 bits per heavy atom. The maximum Gasteiger partial charge on any atom is 0.162 e. The van der Waals surface area contributed by atoms with Gasteiger partial charge in [-0.3, -0.25) is 15.3 Å². The second kappa shape index (κ2) is 6.76. The summed E-state index contributed by atoms with van der Waals surface area (Å²) in [5.74, 6) is 1.98. The van der Waals surface area contributed by atoms with E-state index in [2.05, 4.69) is 4.98 Å². The average molecular weight is 343 g/mol. The molecule has 7 heteroatoms. The van der Waals surface area contributed by atoms with Gasteiger partial charge in [-0.1, -0.05) is 0 Å². The predicted molar refractivity (Wildman–Crippen MR) is 96.6 cm³/mol. The number of methoxy groups -OCH3 is 3. The Kier molecular flexibility index (Phi) is 4.52. The van der Waals surface area contributed by atoms with Crippen LogP contribution in [0, 0.1) is 5.41 Å². The highest BCUT2D eigenvalue weighted by Crippen LogP contribution is 2.41. The van der Waals surface area contributed by atoms with Gasteiger partial charge in [0.2, 0.25) is 0 Å². The minimum atomic E-state index is 0.613. The molecule has 0 radical (unpaired) electrons. The molecule has 1 aromatic carbocycles. The van der Waals surface area contributed by atoms with Crippen molar-refractivity contribution >= 4 is 38.4 Å². The van der Waals surface area contributed by atoms with Crippen LogP contribution < -0.4 is 19.1 Å². The van der Waals surface area contributed by atoms with Crippen molar-refractivity contribution in [2.75, 3.05) is 26.2 Å². The van der Waals surface area contributed by atoms with E-state index < -0.39 is 0 Å². The third-order valence-electron chi connectivity index (χ3n) is 3.61. The van der Waals surface area contributed by atoms with Crippen molar-refractivity contribution in [3.63, 3.8) is 0 Å².